The molecule has 0 aromatic heterocycles. The number of rotatable bonds is 2. The minimum atomic E-state index is 0.0443. The number of hydrogen-bond donors (Lipinski definition) is 2. The van der Waals surface area contributed by atoms with Crippen LogP contribution in [0.2, 0.25) is 0 Å². The molecule has 0 amide bonds. The molecule has 3 nitrogen and oxygen atoms in total. The van der Waals surface area contributed by atoms with Crippen molar-refractivity contribution in [2.45, 2.75) is 19.9 Å². The van der Waals surface area contributed by atoms with E-state index in [4.69, 9.17) is 0 Å². The van der Waals surface area contributed by atoms with Crippen molar-refractivity contribution in [1.29, 1.82) is 0 Å². The van der Waals surface area contributed by atoms with E-state index in [9.17, 15) is 9.90 Å². The number of nitrogens with one attached hydrogen (secondary N) is 1. The Labute approximate surface area is 94.8 Å². The summed E-state index contributed by atoms with van der Waals surface area (Å²) in [6.45, 7) is 4.24. The van der Waals surface area contributed by atoms with Gasteiger partial charge >= 0.3 is 0 Å². The fraction of sp³-hybridized carbons (Fsp3) is 0.308. The number of hydrogen-bond acceptors (Lipinski definition) is 3. The molecule has 1 aromatic carbocycles. The molecule has 1 heterocycles. The van der Waals surface area contributed by atoms with Gasteiger partial charge in [0.25, 0.3) is 0 Å². The van der Waals surface area contributed by atoms with E-state index in [0.29, 0.717) is 17.8 Å². The third-order valence-corrected chi connectivity index (χ3v) is 2.94. The summed E-state index contributed by atoms with van der Waals surface area (Å²) in [6.07, 6.45) is 4.37. The van der Waals surface area contributed by atoms with Gasteiger partial charge in [0.15, 0.2) is 6.29 Å². The standard InChI is InChI=1S/C13H15NO2/c1-8(2)13-10-3-4-12(16)11(7-15)9(10)5-6-14-13/h3-8,13-14,16H,1-2H3. The van der Waals surface area contributed by atoms with Crippen LogP contribution >= 0.6 is 0 Å². The summed E-state index contributed by atoms with van der Waals surface area (Å²) in [7, 11) is 0. The van der Waals surface area contributed by atoms with Crippen LogP contribution in [0.5, 0.6) is 5.75 Å². The zero-order valence-electron chi connectivity index (χ0n) is 9.40. The number of aldehydes is 1. The molecule has 0 fully saturated rings. The number of fused-ring (bicyclic) bond motifs is 1. The molecule has 84 valence electrons. The van der Waals surface area contributed by atoms with Crippen molar-refractivity contribution < 1.29 is 9.90 Å². The van der Waals surface area contributed by atoms with Crippen LogP contribution in [0.15, 0.2) is 18.3 Å². The van der Waals surface area contributed by atoms with Crippen LogP contribution in [0.25, 0.3) is 6.08 Å². The molecule has 0 saturated heterocycles. The van der Waals surface area contributed by atoms with Gasteiger partial charge in [-0.3, -0.25) is 4.79 Å². The molecule has 1 aliphatic heterocycles. The van der Waals surface area contributed by atoms with Gasteiger partial charge in [-0.25, -0.2) is 0 Å². The van der Waals surface area contributed by atoms with Gasteiger partial charge in [0.1, 0.15) is 5.75 Å². The van der Waals surface area contributed by atoms with Crippen LogP contribution in [0.4, 0.5) is 0 Å². The number of carbonyl (C=O) groups is 1. The number of aromatic hydroxyl groups is 1. The van der Waals surface area contributed by atoms with E-state index in [-0.39, 0.29) is 11.8 Å². The minimum absolute atomic E-state index is 0.0443. The van der Waals surface area contributed by atoms with Gasteiger partial charge in [-0.1, -0.05) is 19.9 Å². The molecule has 1 atom stereocenters. The Morgan fingerprint density at radius 3 is 2.81 bits per heavy atom. The number of benzene rings is 1. The maximum Gasteiger partial charge on any atom is 0.154 e. The van der Waals surface area contributed by atoms with Gasteiger partial charge in [0.05, 0.1) is 11.6 Å². The van der Waals surface area contributed by atoms with Crippen molar-refractivity contribution >= 4 is 12.4 Å². The Balaban J connectivity index is 2.60. The van der Waals surface area contributed by atoms with Crippen LogP contribution in [0.1, 0.15) is 41.4 Å². The maximum atomic E-state index is 11.0. The molecule has 1 aromatic rings. The normalized spacial score (nSPS) is 18.1. The fourth-order valence-electron chi connectivity index (χ4n) is 2.10. The Hall–Kier alpha value is -1.77. The predicted octanol–water partition coefficient (Wildman–Crippen LogP) is 2.48. The number of carbonyl (C=O) groups excluding carboxylic acids is 1. The van der Waals surface area contributed by atoms with Crippen LogP contribution in [-0.2, 0) is 0 Å². The highest BCUT2D eigenvalue weighted by Crippen LogP contribution is 2.33. The zero-order valence-corrected chi connectivity index (χ0v) is 9.40. The Kier molecular flexibility index (Phi) is 2.69. The summed E-state index contributed by atoms with van der Waals surface area (Å²) < 4.78 is 0. The van der Waals surface area contributed by atoms with E-state index < -0.39 is 0 Å². The number of phenols is 1. The lowest BCUT2D eigenvalue weighted by atomic mass is 9.88. The summed E-state index contributed by atoms with van der Waals surface area (Å²) in [5, 5.41) is 12.9. The SMILES string of the molecule is CC(C)C1NC=Cc2c1ccc(O)c2C=O. The lowest BCUT2D eigenvalue weighted by molar-refractivity contribution is 0.112. The van der Waals surface area contributed by atoms with Crippen molar-refractivity contribution in [3.05, 3.63) is 35.0 Å². The third-order valence-electron chi connectivity index (χ3n) is 2.94. The van der Waals surface area contributed by atoms with Gasteiger partial charge in [-0.05, 0) is 35.4 Å². The highest BCUT2D eigenvalue weighted by atomic mass is 16.3. The summed E-state index contributed by atoms with van der Waals surface area (Å²) >= 11 is 0. The minimum Gasteiger partial charge on any atom is -0.507 e. The largest absolute Gasteiger partial charge is 0.507 e. The molecule has 0 saturated carbocycles. The second-order valence-electron chi connectivity index (χ2n) is 4.34. The highest BCUT2D eigenvalue weighted by molar-refractivity contribution is 5.87. The molecule has 2 N–H and O–H groups in total. The van der Waals surface area contributed by atoms with E-state index in [1.807, 2.05) is 18.3 Å². The maximum absolute atomic E-state index is 11.0. The van der Waals surface area contributed by atoms with Gasteiger partial charge in [0.2, 0.25) is 0 Å². The van der Waals surface area contributed by atoms with E-state index in [1.165, 1.54) is 0 Å². The molecule has 2 rings (SSSR count). The second kappa shape index (κ2) is 4.00. The molecule has 0 aliphatic carbocycles. The molecule has 0 spiro atoms. The first-order valence-corrected chi connectivity index (χ1v) is 5.38. The average Bonchev–Trinajstić information content (AvgIpc) is 2.27. The predicted molar refractivity (Wildman–Crippen MR) is 63.2 cm³/mol. The summed E-state index contributed by atoms with van der Waals surface area (Å²) in [4.78, 5) is 11.0. The molecule has 0 radical (unpaired) electrons. The van der Waals surface area contributed by atoms with Crippen LogP contribution < -0.4 is 5.32 Å². The second-order valence-corrected chi connectivity index (χ2v) is 4.34. The first-order valence-electron chi connectivity index (χ1n) is 5.38. The van der Waals surface area contributed by atoms with Crippen LogP contribution in [0.3, 0.4) is 0 Å². The first kappa shape index (κ1) is 10.7. The van der Waals surface area contributed by atoms with Crippen LogP contribution in [0, 0.1) is 5.92 Å². The Morgan fingerprint density at radius 2 is 2.19 bits per heavy atom. The van der Waals surface area contributed by atoms with Gasteiger partial charge in [-0.2, -0.15) is 0 Å². The topological polar surface area (TPSA) is 49.3 Å². The summed E-state index contributed by atoms with van der Waals surface area (Å²) in [5.41, 5.74) is 2.27. The Morgan fingerprint density at radius 1 is 1.44 bits per heavy atom. The fourth-order valence-corrected chi connectivity index (χ4v) is 2.10. The van der Waals surface area contributed by atoms with E-state index in [2.05, 4.69) is 19.2 Å². The summed E-state index contributed by atoms with van der Waals surface area (Å²) in [5.74, 6) is 0.468. The molecule has 16 heavy (non-hydrogen) atoms. The van der Waals surface area contributed by atoms with Crippen molar-refractivity contribution in [1.82, 2.24) is 5.32 Å². The van der Waals surface area contributed by atoms with Gasteiger partial charge in [-0.15, -0.1) is 0 Å². The summed E-state index contributed by atoms with van der Waals surface area (Å²) in [6, 6.07) is 3.65. The Bertz CT molecular complexity index is 449. The van der Waals surface area contributed by atoms with Gasteiger partial charge < -0.3 is 10.4 Å². The third kappa shape index (κ3) is 1.58. The average molecular weight is 217 g/mol. The molecule has 0 bridgehead atoms. The monoisotopic (exact) mass is 217 g/mol. The van der Waals surface area contributed by atoms with Crippen molar-refractivity contribution in [2.24, 2.45) is 5.92 Å². The van der Waals surface area contributed by atoms with E-state index in [0.717, 1.165) is 11.1 Å². The lowest BCUT2D eigenvalue weighted by Crippen LogP contribution is -2.24. The molecule has 3 heteroatoms. The molecular formula is C13H15NO2. The van der Waals surface area contributed by atoms with Crippen molar-refractivity contribution in [3.8, 4) is 5.75 Å². The zero-order chi connectivity index (χ0) is 11.7. The van der Waals surface area contributed by atoms with E-state index >= 15 is 0 Å². The smallest absolute Gasteiger partial charge is 0.154 e. The van der Waals surface area contributed by atoms with E-state index in [1.54, 1.807) is 6.07 Å². The molecule has 1 unspecified atom stereocenters. The molecule has 1 aliphatic rings. The first-order chi connectivity index (χ1) is 7.65. The highest BCUT2D eigenvalue weighted by Gasteiger charge is 2.22. The lowest BCUT2D eigenvalue weighted by Gasteiger charge is -2.27. The quantitative estimate of drug-likeness (QED) is 0.748. The van der Waals surface area contributed by atoms with Gasteiger partial charge in [0, 0.05) is 0 Å². The van der Waals surface area contributed by atoms with Crippen molar-refractivity contribution in [3.63, 3.8) is 0 Å². The van der Waals surface area contributed by atoms with Crippen LogP contribution in [-0.4, -0.2) is 11.4 Å². The number of phenolic OH excluding ortho intramolecular Hbond substituents is 1. The molecular weight excluding hydrogens is 202 g/mol. The van der Waals surface area contributed by atoms with Crippen molar-refractivity contribution in [2.75, 3.05) is 0 Å².